The lowest BCUT2D eigenvalue weighted by Crippen LogP contribution is -2.33. The van der Waals surface area contributed by atoms with E-state index in [9.17, 15) is 4.79 Å². The molecule has 0 saturated heterocycles. The number of carbonyl (C=O) groups excluding carboxylic acids is 1. The van der Waals surface area contributed by atoms with Crippen LogP contribution in [0, 0.1) is 5.41 Å². The van der Waals surface area contributed by atoms with Crippen molar-refractivity contribution in [1.29, 1.82) is 0 Å². The molecule has 3 nitrogen and oxygen atoms in total. The highest BCUT2D eigenvalue weighted by Gasteiger charge is 2.35. The number of alkyl carbamates (subject to hydrolysis) is 1. The van der Waals surface area contributed by atoms with Crippen molar-refractivity contribution in [1.82, 2.24) is 5.32 Å². The second kappa shape index (κ2) is 6.65. The van der Waals surface area contributed by atoms with Gasteiger partial charge in [-0.3, -0.25) is 0 Å². The van der Waals surface area contributed by atoms with Gasteiger partial charge in [-0.25, -0.2) is 4.79 Å². The Morgan fingerprint density at radius 1 is 1.33 bits per heavy atom. The molecule has 1 saturated carbocycles. The molecular formula is C14H26ClNO2. The van der Waals surface area contributed by atoms with Crippen LogP contribution in [-0.4, -0.2) is 24.1 Å². The Morgan fingerprint density at radius 3 is 2.44 bits per heavy atom. The number of ether oxygens (including phenoxy) is 1. The Balaban J connectivity index is 2.03. The Morgan fingerprint density at radius 2 is 2.00 bits per heavy atom. The summed E-state index contributed by atoms with van der Waals surface area (Å²) in [5, 5.41) is 2.79. The molecule has 106 valence electrons. The van der Waals surface area contributed by atoms with E-state index in [1.54, 1.807) is 0 Å². The molecule has 0 atom stereocenters. The van der Waals surface area contributed by atoms with Crippen LogP contribution in [-0.2, 0) is 4.74 Å². The predicted molar refractivity (Wildman–Crippen MR) is 75.1 cm³/mol. The minimum Gasteiger partial charge on any atom is -0.444 e. The number of alkyl halides is 1. The molecule has 0 heterocycles. The first-order valence-electron chi connectivity index (χ1n) is 6.90. The quantitative estimate of drug-likeness (QED) is 0.586. The lowest BCUT2D eigenvalue weighted by atomic mass is 9.67. The Bertz CT molecular complexity index is 264. The maximum Gasteiger partial charge on any atom is 0.407 e. The fraction of sp³-hybridized carbons (Fsp3) is 0.929. The molecule has 18 heavy (non-hydrogen) atoms. The van der Waals surface area contributed by atoms with Crippen molar-refractivity contribution in [3.63, 3.8) is 0 Å². The summed E-state index contributed by atoms with van der Waals surface area (Å²) in [4.78, 5) is 11.4. The number of nitrogens with one attached hydrogen (secondary N) is 1. The summed E-state index contributed by atoms with van der Waals surface area (Å²) in [6.45, 7) is 6.29. The maximum atomic E-state index is 11.4. The molecule has 0 unspecified atom stereocenters. The van der Waals surface area contributed by atoms with Crippen LogP contribution in [0.2, 0.25) is 0 Å². The molecular weight excluding hydrogens is 250 g/mol. The maximum absolute atomic E-state index is 11.4. The van der Waals surface area contributed by atoms with Crippen molar-refractivity contribution in [2.45, 2.75) is 64.9 Å². The van der Waals surface area contributed by atoms with Crippen LogP contribution in [0.5, 0.6) is 0 Å². The molecule has 4 heteroatoms. The van der Waals surface area contributed by atoms with Gasteiger partial charge in [-0.05, 0) is 51.9 Å². The van der Waals surface area contributed by atoms with E-state index in [0.717, 1.165) is 18.7 Å². The van der Waals surface area contributed by atoms with Gasteiger partial charge in [0.2, 0.25) is 0 Å². The average Bonchev–Trinajstić information content (AvgIpc) is 2.18. The zero-order valence-electron chi connectivity index (χ0n) is 11.9. The summed E-state index contributed by atoms with van der Waals surface area (Å²) in [6.07, 6.45) is 6.86. The Labute approximate surface area is 116 Å². The van der Waals surface area contributed by atoms with Crippen molar-refractivity contribution in [3.05, 3.63) is 0 Å². The third-order valence-corrected chi connectivity index (χ3v) is 4.07. The monoisotopic (exact) mass is 275 g/mol. The summed E-state index contributed by atoms with van der Waals surface area (Å²) in [7, 11) is 0. The van der Waals surface area contributed by atoms with E-state index in [1.807, 2.05) is 20.8 Å². The molecule has 1 aliphatic carbocycles. The highest BCUT2D eigenvalue weighted by Crippen LogP contribution is 2.45. The zero-order valence-corrected chi connectivity index (χ0v) is 12.6. The first-order chi connectivity index (χ1) is 8.37. The van der Waals surface area contributed by atoms with Gasteiger partial charge in [0.05, 0.1) is 0 Å². The van der Waals surface area contributed by atoms with Crippen molar-refractivity contribution >= 4 is 17.7 Å². The molecule has 1 N–H and O–H groups in total. The summed E-state index contributed by atoms with van der Waals surface area (Å²) in [6, 6.07) is 0. The normalized spacial score (nSPS) is 18.0. The number of rotatable bonds is 6. The predicted octanol–water partition coefficient (Wildman–Crippen LogP) is 4.09. The molecule has 0 aromatic carbocycles. The van der Waals surface area contributed by atoms with Crippen LogP contribution in [0.25, 0.3) is 0 Å². The molecule has 0 radical (unpaired) electrons. The van der Waals surface area contributed by atoms with Crippen LogP contribution in [0.15, 0.2) is 0 Å². The standard InChI is InChI=1S/C14H26ClNO2/c1-13(2,3)18-12(17)16-10-5-4-7-14(11-15)8-6-9-14/h4-11H2,1-3H3,(H,16,17). The van der Waals surface area contributed by atoms with Gasteiger partial charge in [0.25, 0.3) is 0 Å². The summed E-state index contributed by atoms with van der Waals surface area (Å²) < 4.78 is 5.17. The zero-order chi connectivity index (χ0) is 13.6. The lowest BCUT2D eigenvalue weighted by molar-refractivity contribution is 0.0526. The molecule has 1 fully saturated rings. The lowest BCUT2D eigenvalue weighted by Gasteiger charge is -2.40. The Hall–Kier alpha value is -0.440. The molecule has 1 rings (SSSR count). The van der Waals surface area contributed by atoms with Crippen LogP contribution >= 0.6 is 11.6 Å². The molecule has 0 bridgehead atoms. The van der Waals surface area contributed by atoms with Gasteiger partial charge in [0.1, 0.15) is 5.60 Å². The molecule has 0 aliphatic heterocycles. The fourth-order valence-electron chi connectivity index (χ4n) is 2.26. The molecule has 0 aromatic rings. The number of carbonyl (C=O) groups is 1. The fourth-order valence-corrected chi connectivity index (χ4v) is 2.66. The topological polar surface area (TPSA) is 38.3 Å². The number of hydrogen-bond acceptors (Lipinski definition) is 2. The van der Waals surface area contributed by atoms with E-state index in [4.69, 9.17) is 16.3 Å². The first kappa shape index (κ1) is 15.6. The van der Waals surface area contributed by atoms with E-state index in [-0.39, 0.29) is 6.09 Å². The van der Waals surface area contributed by atoms with E-state index in [1.165, 1.54) is 25.7 Å². The van der Waals surface area contributed by atoms with Gasteiger partial charge in [0.15, 0.2) is 0 Å². The van der Waals surface area contributed by atoms with E-state index < -0.39 is 5.60 Å². The summed E-state index contributed by atoms with van der Waals surface area (Å²) in [5.41, 5.74) is -0.00777. The number of halogens is 1. The van der Waals surface area contributed by atoms with Crippen molar-refractivity contribution in [2.75, 3.05) is 12.4 Å². The van der Waals surface area contributed by atoms with Crippen molar-refractivity contribution in [2.24, 2.45) is 5.41 Å². The van der Waals surface area contributed by atoms with E-state index in [2.05, 4.69) is 5.32 Å². The van der Waals surface area contributed by atoms with Gasteiger partial charge in [-0.1, -0.05) is 12.8 Å². The highest BCUT2D eigenvalue weighted by atomic mass is 35.5. The Kier molecular flexibility index (Phi) is 5.77. The van der Waals surface area contributed by atoms with Crippen molar-refractivity contribution < 1.29 is 9.53 Å². The second-order valence-electron chi connectivity index (χ2n) is 6.37. The SMILES string of the molecule is CC(C)(C)OC(=O)NCCCCC1(CCl)CCC1. The van der Waals surface area contributed by atoms with Crippen LogP contribution in [0.1, 0.15) is 59.3 Å². The van der Waals surface area contributed by atoms with Gasteiger partial charge >= 0.3 is 6.09 Å². The average molecular weight is 276 g/mol. The molecule has 1 aliphatic rings. The van der Waals surface area contributed by atoms with Gasteiger partial charge < -0.3 is 10.1 Å². The molecule has 0 aromatic heterocycles. The van der Waals surface area contributed by atoms with Crippen molar-refractivity contribution in [3.8, 4) is 0 Å². The minimum absolute atomic E-state index is 0.321. The third kappa shape index (κ3) is 5.47. The van der Waals surface area contributed by atoms with Crippen LogP contribution < -0.4 is 5.32 Å². The number of hydrogen-bond donors (Lipinski definition) is 1. The number of unbranched alkanes of at least 4 members (excludes halogenated alkanes) is 1. The largest absolute Gasteiger partial charge is 0.444 e. The summed E-state index contributed by atoms with van der Waals surface area (Å²) >= 11 is 6.01. The molecule has 1 amide bonds. The first-order valence-corrected chi connectivity index (χ1v) is 7.43. The summed E-state index contributed by atoms with van der Waals surface area (Å²) in [5.74, 6) is 0.784. The van der Waals surface area contributed by atoms with Crippen LogP contribution in [0.3, 0.4) is 0 Å². The van der Waals surface area contributed by atoms with Gasteiger partial charge in [-0.15, -0.1) is 11.6 Å². The third-order valence-electron chi connectivity index (χ3n) is 3.50. The number of amides is 1. The molecule has 0 spiro atoms. The smallest absolute Gasteiger partial charge is 0.407 e. The van der Waals surface area contributed by atoms with E-state index in [0.29, 0.717) is 12.0 Å². The van der Waals surface area contributed by atoms with E-state index >= 15 is 0 Å². The van der Waals surface area contributed by atoms with Gasteiger partial charge in [0, 0.05) is 12.4 Å². The van der Waals surface area contributed by atoms with Crippen LogP contribution in [0.4, 0.5) is 4.79 Å². The van der Waals surface area contributed by atoms with Gasteiger partial charge in [-0.2, -0.15) is 0 Å². The minimum atomic E-state index is -0.418. The second-order valence-corrected chi connectivity index (χ2v) is 6.64. The highest BCUT2D eigenvalue weighted by molar-refractivity contribution is 6.18.